The van der Waals surface area contributed by atoms with Gasteiger partial charge >= 0.3 is 0 Å². The standard InChI is InChI=1S/C24H26ClFN4O3/c1-16(31)27-15-20-14-22(28-33-20)18-5-6-23(21(26)13-18)29-7-9-30(10-8-29)24(32)12-17-3-2-4-19(25)11-17/h2-6,11,13,20H,7-10,12,14-15H2,1H3,(H,27,31). The highest BCUT2D eigenvalue weighted by Crippen LogP contribution is 2.25. The Morgan fingerprint density at radius 3 is 2.67 bits per heavy atom. The molecule has 0 aliphatic carbocycles. The van der Waals surface area contributed by atoms with Crippen molar-refractivity contribution in [1.29, 1.82) is 0 Å². The first kappa shape index (κ1) is 23.0. The van der Waals surface area contributed by atoms with Crippen molar-refractivity contribution < 1.29 is 18.8 Å². The van der Waals surface area contributed by atoms with Crippen molar-refractivity contribution in [3.8, 4) is 0 Å². The molecule has 0 saturated carbocycles. The maximum absolute atomic E-state index is 14.9. The molecule has 174 valence electrons. The minimum atomic E-state index is -0.334. The average molecular weight is 473 g/mol. The van der Waals surface area contributed by atoms with Gasteiger partial charge in [0.1, 0.15) is 11.9 Å². The maximum atomic E-state index is 14.9. The molecule has 1 atom stereocenters. The van der Waals surface area contributed by atoms with Crippen molar-refractivity contribution in [2.45, 2.75) is 25.9 Å². The number of piperazine rings is 1. The van der Waals surface area contributed by atoms with Crippen LogP contribution in [0.1, 0.15) is 24.5 Å². The molecule has 9 heteroatoms. The van der Waals surface area contributed by atoms with Crippen molar-refractivity contribution in [3.05, 3.63) is 64.4 Å². The van der Waals surface area contributed by atoms with Crippen molar-refractivity contribution in [3.63, 3.8) is 0 Å². The van der Waals surface area contributed by atoms with Crippen LogP contribution in [0.2, 0.25) is 5.02 Å². The van der Waals surface area contributed by atoms with Crippen LogP contribution in [0.5, 0.6) is 0 Å². The number of carbonyl (C=O) groups excluding carboxylic acids is 2. The predicted molar refractivity (Wildman–Crippen MR) is 125 cm³/mol. The van der Waals surface area contributed by atoms with Crippen LogP contribution in [-0.4, -0.2) is 61.3 Å². The molecule has 1 fully saturated rings. The Hall–Kier alpha value is -3.13. The number of hydrogen-bond donors (Lipinski definition) is 1. The quantitative estimate of drug-likeness (QED) is 0.701. The van der Waals surface area contributed by atoms with Gasteiger partial charge in [-0.1, -0.05) is 35.0 Å². The van der Waals surface area contributed by atoms with E-state index >= 15 is 0 Å². The van der Waals surface area contributed by atoms with E-state index in [2.05, 4.69) is 10.5 Å². The Balaban J connectivity index is 1.31. The summed E-state index contributed by atoms with van der Waals surface area (Å²) >= 11 is 6.00. The lowest BCUT2D eigenvalue weighted by atomic mass is 10.0. The Morgan fingerprint density at radius 2 is 1.97 bits per heavy atom. The van der Waals surface area contributed by atoms with Crippen LogP contribution < -0.4 is 10.2 Å². The van der Waals surface area contributed by atoms with E-state index < -0.39 is 0 Å². The SMILES string of the molecule is CC(=O)NCC1CC(c2ccc(N3CCN(C(=O)Cc4cccc(Cl)c4)CC3)c(F)c2)=NO1. The monoisotopic (exact) mass is 472 g/mol. The van der Waals surface area contributed by atoms with Gasteiger partial charge in [-0.2, -0.15) is 0 Å². The molecule has 33 heavy (non-hydrogen) atoms. The molecule has 1 unspecified atom stereocenters. The Labute approximate surface area is 197 Å². The fourth-order valence-corrected chi connectivity index (χ4v) is 4.25. The number of oxime groups is 1. The van der Waals surface area contributed by atoms with Gasteiger partial charge in [-0.05, 0) is 29.8 Å². The molecular weight excluding hydrogens is 447 g/mol. The molecule has 2 amide bonds. The molecule has 0 bridgehead atoms. The molecule has 2 aromatic carbocycles. The van der Waals surface area contributed by atoms with E-state index in [1.807, 2.05) is 28.0 Å². The second kappa shape index (κ2) is 10.2. The summed E-state index contributed by atoms with van der Waals surface area (Å²) in [5.41, 5.74) is 2.72. The van der Waals surface area contributed by atoms with Crippen molar-refractivity contribution in [1.82, 2.24) is 10.2 Å². The predicted octanol–water partition coefficient (Wildman–Crippen LogP) is 3.00. The van der Waals surface area contributed by atoms with Gasteiger partial charge in [0.2, 0.25) is 11.8 Å². The summed E-state index contributed by atoms with van der Waals surface area (Å²) in [6.07, 6.45) is 0.563. The van der Waals surface area contributed by atoms with Crippen molar-refractivity contribution in [2.24, 2.45) is 5.16 Å². The van der Waals surface area contributed by atoms with Crippen molar-refractivity contribution in [2.75, 3.05) is 37.6 Å². The largest absolute Gasteiger partial charge is 0.390 e. The number of anilines is 1. The van der Waals surface area contributed by atoms with Crippen LogP contribution in [0.15, 0.2) is 47.6 Å². The van der Waals surface area contributed by atoms with Gasteiger partial charge in [0, 0.05) is 50.1 Å². The van der Waals surface area contributed by atoms with Gasteiger partial charge < -0.3 is 20.0 Å². The fraction of sp³-hybridized carbons (Fsp3) is 0.375. The summed E-state index contributed by atoms with van der Waals surface area (Å²) < 4.78 is 14.9. The molecule has 7 nitrogen and oxygen atoms in total. The minimum Gasteiger partial charge on any atom is -0.390 e. The third-order valence-electron chi connectivity index (χ3n) is 5.81. The first-order valence-electron chi connectivity index (χ1n) is 10.9. The molecule has 0 radical (unpaired) electrons. The second-order valence-corrected chi connectivity index (χ2v) is 8.68. The number of hydrogen-bond acceptors (Lipinski definition) is 5. The summed E-state index contributed by atoms with van der Waals surface area (Å²) in [5.74, 6) is -0.422. The van der Waals surface area contributed by atoms with Crippen LogP contribution in [-0.2, 0) is 20.8 Å². The summed E-state index contributed by atoms with van der Waals surface area (Å²) in [4.78, 5) is 32.8. The van der Waals surface area contributed by atoms with Gasteiger partial charge in [-0.25, -0.2) is 4.39 Å². The number of nitrogens with zero attached hydrogens (tertiary/aromatic N) is 3. The molecule has 2 aliphatic rings. The third-order valence-corrected chi connectivity index (χ3v) is 6.05. The second-order valence-electron chi connectivity index (χ2n) is 8.25. The highest BCUT2D eigenvalue weighted by molar-refractivity contribution is 6.30. The lowest BCUT2D eigenvalue weighted by Crippen LogP contribution is -2.49. The minimum absolute atomic E-state index is 0.0424. The van der Waals surface area contributed by atoms with E-state index in [1.165, 1.54) is 13.0 Å². The van der Waals surface area contributed by atoms with E-state index in [-0.39, 0.29) is 23.7 Å². The Bertz CT molecular complexity index is 1070. The number of amides is 2. The van der Waals surface area contributed by atoms with Crippen LogP contribution in [0, 0.1) is 5.82 Å². The van der Waals surface area contributed by atoms with Crippen molar-refractivity contribution >= 4 is 34.8 Å². The lowest BCUT2D eigenvalue weighted by molar-refractivity contribution is -0.130. The van der Waals surface area contributed by atoms with Gasteiger partial charge in [-0.3, -0.25) is 9.59 Å². The summed E-state index contributed by atoms with van der Waals surface area (Å²) in [6, 6.07) is 12.4. The summed E-state index contributed by atoms with van der Waals surface area (Å²) in [7, 11) is 0. The molecule has 2 aromatic rings. The number of rotatable bonds is 6. The van der Waals surface area contributed by atoms with E-state index in [4.69, 9.17) is 16.4 Å². The summed E-state index contributed by atoms with van der Waals surface area (Å²) in [5, 5.41) is 7.36. The Kier molecular flexibility index (Phi) is 7.13. The molecule has 1 N–H and O–H groups in total. The molecule has 0 aromatic heterocycles. The third kappa shape index (κ3) is 5.82. The molecule has 2 aliphatic heterocycles. The van der Waals surface area contributed by atoms with Crippen LogP contribution >= 0.6 is 11.6 Å². The number of nitrogens with one attached hydrogen (secondary N) is 1. The fourth-order valence-electron chi connectivity index (χ4n) is 4.04. The molecule has 4 rings (SSSR count). The zero-order valence-electron chi connectivity index (χ0n) is 18.4. The topological polar surface area (TPSA) is 74.2 Å². The van der Waals surface area contributed by atoms with E-state index in [1.54, 1.807) is 18.2 Å². The van der Waals surface area contributed by atoms with E-state index in [0.717, 1.165) is 5.56 Å². The van der Waals surface area contributed by atoms with Crippen LogP contribution in [0.4, 0.5) is 10.1 Å². The van der Waals surface area contributed by atoms with Gasteiger partial charge in [0.25, 0.3) is 0 Å². The zero-order valence-corrected chi connectivity index (χ0v) is 19.1. The first-order chi connectivity index (χ1) is 15.9. The van der Waals surface area contributed by atoms with Gasteiger partial charge in [0.05, 0.1) is 24.4 Å². The first-order valence-corrected chi connectivity index (χ1v) is 11.3. The Morgan fingerprint density at radius 1 is 1.18 bits per heavy atom. The maximum Gasteiger partial charge on any atom is 0.227 e. The van der Waals surface area contributed by atoms with E-state index in [9.17, 15) is 14.0 Å². The van der Waals surface area contributed by atoms with Gasteiger partial charge in [0.15, 0.2) is 0 Å². The van der Waals surface area contributed by atoms with E-state index in [0.29, 0.717) is 67.6 Å². The smallest absolute Gasteiger partial charge is 0.227 e. The highest BCUT2D eigenvalue weighted by Gasteiger charge is 2.25. The molecule has 1 saturated heterocycles. The number of benzene rings is 2. The lowest BCUT2D eigenvalue weighted by Gasteiger charge is -2.36. The highest BCUT2D eigenvalue weighted by atomic mass is 35.5. The molecule has 2 heterocycles. The number of carbonyl (C=O) groups is 2. The van der Waals surface area contributed by atoms with Crippen LogP contribution in [0.3, 0.4) is 0 Å². The molecule has 0 spiro atoms. The average Bonchev–Trinajstić information content (AvgIpc) is 3.27. The zero-order chi connectivity index (χ0) is 23.4. The normalized spacial score (nSPS) is 18.0. The molecular formula is C24H26ClFN4O3. The summed E-state index contributed by atoms with van der Waals surface area (Å²) in [6.45, 7) is 3.99. The van der Waals surface area contributed by atoms with Crippen LogP contribution in [0.25, 0.3) is 0 Å². The van der Waals surface area contributed by atoms with Gasteiger partial charge in [-0.15, -0.1) is 0 Å². The number of halogens is 2.